The molecule has 0 aliphatic heterocycles. The minimum Gasteiger partial charge on any atom is -0.350 e. The quantitative estimate of drug-likeness (QED) is 0.862. The Morgan fingerprint density at radius 2 is 1.95 bits per heavy atom. The Morgan fingerprint density at radius 1 is 1.32 bits per heavy atom. The van der Waals surface area contributed by atoms with Crippen molar-refractivity contribution in [2.24, 2.45) is 0 Å². The van der Waals surface area contributed by atoms with Gasteiger partial charge in [0.2, 0.25) is 0 Å². The molecular weight excluding hydrogens is 284 g/mol. The lowest BCUT2D eigenvalue weighted by Gasteiger charge is -2.07. The zero-order valence-electron chi connectivity index (χ0n) is 9.05. The van der Waals surface area contributed by atoms with Crippen LogP contribution in [0.4, 0.5) is 32.0 Å². The molecule has 0 fully saturated rings. The van der Waals surface area contributed by atoms with Gasteiger partial charge in [-0.25, -0.2) is 4.68 Å². The molecule has 0 aliphatic rings. The van der Waals surface area contributed by atoms with Gasteiger partial charge in [-0.05, 0) is 0 Å². The molecule has 0 aromatic carbocycles. The number of halogens is 6. The van der Waals surface area contributed by atoms with Crippen molar-refractivity contribution in [3.05, 3.63) is 12.4 Å². The highest BCUT2D eigenvalue weighted by Gasteiger charge is 2.38. The van der Waals surface area contributed by atoms with Crippen LogP contribution in [0, 0.1) is 0 Å². The summed E-state index contributed by atoms with van der Waals surface area (Å²) in [4.78, 5) is 10.5. The number of amides is 1. The van der Waals surface area contributed by atoms with E-state index in [0.29, 0.717) is 0 Å². The van der Waals surface area contributed by atoms with Crippen LogP contribution < -0.4 is 5.32 Å². The van der Waals surface area contributed by atoms with Crippen LogP contribution in [0.2, 0.25) is 0 Å². The molecule has 108 valence electrons. The molecule has 1 amide bonds. The molecule has 0 atom stereocenters. The Morgan fingerprint density at radius 3 is 2.47 bits per heavy atom. The van der Waals surface area contributed by atoms with Crippen molar-refractivity contribution in [3.63, 3.8) is 0 Å². The van der Waals surface area contributed by atoms with Gasteiger partial charge in [0.15, 0.2) is 0 Å². The Kier molecular flexibility index (Phi) is 4.39. The minimum absolute atomic E-state index is 0.307. The van der Waals surface area contributed by atoms with Crippen LogP contribution in [0.5, 0.6) is 0 Å². The summed E-state index contributed by atoms with van der Waals surface area (Å²) in [6.45, 7) is -2.13. The van der Waals surface area contributed by atoms with Gasteiger partial charge >= 0.3 is 18.3 Å². The second-order valence-electron chi connectivity index (χ2n) is 3.31. The molecule has 1 N–H and O–H groups in total. The van der Waals surface area contributed by atoms with E-state index in [-0.39, 0.29) is 5.69 Å². The molecule has 1 rings (SSSR count). The van der Waals surface area contributed by atoms with E-state index in [1.807, 2.05) is 0 Å². The number of carbonyl (C=O) groups excluding carboxylic acids is 1. The maximum atomic E-state index is 11.9. The normalized spacial score (nSPS) is 12.5. The van der Waals surface area contributed by atoms with Gasteiger partial charge in [-0.3, -0.25) is 4.79 Å². The summed E-state index contributed by atoms with van der Waals surface area (Å²) in [5.41, 5.74) is -0.307. The fourth-order valence-electron chi connectivity index (χ4n) is 0.956. The Balaban J connectivity index is 2.47. The molecule has 1 aromatic heterocycles. The van der Waals surface area contributed by atoms with E-state index in [1.165, 1.54) is 5.32 Å². The molecule has 0 saturated heterocycles. The average Bonchev–Trinajstić information content (AvgIpc) is 2.62. The molecule has 0 unspecified atom stereocenters. The standard InChI is InChI=1S/C8H7F6N3O2/c9-7(10,11)3-19-4-17-2-5(1-15-17)16-6(18)8(12,13)14/h1-2H,3-4H2,(H,16,18). The van der Waals surface area contributed by atoms with Gasteiger partial charge in [-0.2, -0.15) is 31.4 Å². The van der Waals surface area contributed by atoms with Crippen molar-refractivity contribution in [1.29, 1.82) is 0 Å². The lowest BCUT2D eigenvalue weighted by atomic mass is 10.5. The number of rotatable bonds is 4. The molecule has 0 spiro atoms. The molecule has 11 heteroatoms. The summed E-state index contributed by atoms with van der Waals surface area (Å²) in [5.74, 6) is -2.21. The largest absolute Gasteiger partial charge is 0.471 e. The average molecular weight is 291 g/mol. The number of carbonyl (C=O) groups is 1. The maximum absolute atomic E-state index is 11.9. The molecule has 1 aromatic rings. The van der Waals surface area contributed by atoms with Crippen molar-refractivity contribution < 1.29 is 35.9 Å². The minimum atomic E-state index is -5.06. The molecule has 5 nitrogen and oxygen atoms in total. The fourth-order valence-corrected chi connectivity index (χ4v) is 0.956. The first-order chi connectivity index (χ1) is 8.58. The van der Waals surface area contributed by atoms with Gasteiger partial charge in [0.25, 0.3) is 0 Å². The second-order valence-corrected chi connectivity index (χ2v) is 3.31. The van der Waals surface area contributed by atoms with E-state index in [9.17, 15) is 31.1 Å². The third kappa shape index (κ3) is 5.59. The van der Waals surface area contributed by atoms with E-state index < -0.39 is 31.6 Å². The predicted molar refractivity (Wildman–Crippen MR) is 48.9 cm³/mol. The summed E-state index contributed by atoms with van der Waals surface area (Å²) in [6, 6.07) is 0. The summed E-state index contributed by atoms with van der Waals surface area (Å²) in [6.07, 6.45) is -7.82. The van der Waals surface area contributed by atoms with Gasteiger partial charge in [0.05, 0.1) is 18.1 Å². The van der Waals surface area contributed by atoms with Crippen molar-refractivity contribution in [3.8, 4) is 0 Å². The van der Waals surface area contributed by atoms with Crippen LogP contribution in [-0.4, -0.2) is 34.6 Å². The first-order valence-electron chi connectivity index (χ1n) is 4.63. The zero-order valence-corrected chi connectivity index (χ0v) is 9.05. The van der Waals surface area contributed by atoms with Gasteiger partial charge < -0.3 is 10.1 Å². The van der Waals surface area contributed by atoms with E-state index in [0.717, 1.165) is 17.1 Å². The monoisotopic (exact) mass is 291 g/mol. The van der Waals surface area contributed by atoms with Crippen molar-refractivity contribution in [1.82, 2.24) is 9.78 Å². The lowest BCUT2D eigenvalue weighted by molar-refractivity contribution is -0.182. The molecule has 0 bridgehead atoms. The third-order valence-electron chi connectivity index (χ3n) is 1.64. The second kappa shape index (κ2) is 5.47. The number of anilines is 1. The molecule has 1 heterocycles. The third-order valence-corrected chi connectivity index (χ3v) is 1.64. The Hall–Kier alpha value is -1.78. The number of ether oxygens (including phenoxy) is 1. The maximum Gasteiger partial charge on any atom is 0.471 e. The summed E-state index contributed by atoms with van der Waals surface area (Å²) in [5, 5.41) is 4.90. The van der Waals surface area contributed by atoms with Crippen LogP contribution in [0.25, 0.3) is 0 Å². The van der Waals surface area contributed by atoms with Crippen LogP contribution in [0.1, 0.15) is 0 Å². The van der Waals surface area contributed by atoms with E-state index in [4.69, 9.17) is 0 Å². The van der Waals surface area contributed by atoms with E-state index >= 15 is 0 Å². The smallest absolute Gasteiger partial charge is 0.350 e. The van der Waals surface area contributed by atoms with Crippen LogP contribution in [0.3, 0.4) is 0 Å². The summed E-state index contributed by atoms with van der Waals surface area (Å²) in [7, 11) is 0. The number of hydrogen-bond donors (Lipinski definition) is 1. The number of alkyl halides is 6. The number of nitrogens with zero attached hydrogens (tertiary/aromatic N) is 2. The van der Waals surface area contributed by atoms with Gasteiger partial charge in [-0.15, -0.1) is 0 Å². The summed E-state index contributed by atoms with van der Waals surface area (Å²) < 4.78 is 75.9. The predicted octanol–water partition coefficient (Wildman–Crippen LogP) is 1.92. The summed E-state index contributed by atoms with van der Waals surface area (Å²) >= 11 is 0. The van der Waals surface area contributed by atoms with Crippen LogP contribution in [0.15, 0.2) is 12.4 Å². The van der Waals surface area contributed by atoms with Crippen molar-refractivity contribution in [2.75, 3.05) is 11.9 Å². The van der Waals surface area contributed by atoms with Crippen molar-refractivity contribution >= 4 is 11.6 Å². The Labute approximate surface area is 102 Å². The van der Waals surface area contributed by atoms with E-state index in [1.54, 1.807) is 0 Å². The molecule has 0 aliphatic carbocycles. The van der Waals surface area contributed by atoms with Crippen LogP contribution in [-0.2, 0) is 16.3 Å². The first-order valence-corrected chi connectivity index (χ1v) is 4.63. The molecule has 0 radical (unpaired) electrons. The lowest BCUT2D eigenvalue weighted by Crippen LogP contribution is -2.29. The Bertz CT molecular complexity index is 438. The van der Waals surface area contributed by atoms with Gasteiger partial charge in [-0.1, -0.05) is 0 Å². The first kappa shape index (κ1) is 15.3. The topological polar surface area (TPSA) is 56.2 Å². The van der Waals surface area contributed by atoms with Gasteiger partial charge in [0, 0.05) is 0 Å². The van der Waals surface area contributed by atoms with Crippen LogP contribution >= 0.6 is 0 Å². The fraction of sp³-hybridized carbons (Fsp3) is 0.500. The van der Waals surface area contributed by atoms with Gasteiger partial charge in [0.1, 0.15) is 13.3 Å². The zero-order chi connectivity index (χ0) is 14.7. The highest BCUT2D eigenvalue weighted by Crippen LogP contribution is 2.18. The van der Waals surface area contributed by atoms with E-state index in [2.05, 4.69) is 9.84 Å². The highest BCUT2D eigenvalue weighted by atomic mass is 19.4. The number of nitrogens with one attached hydrogen (secondary N) is 1. The molecular formula is C8H7F6N3O2. The van der Waals surface area contributed by atoms with Crippen molar-refractivity contribution in [2.45, 2.75) is 19.1 Å². The highest BCUT2D eigenvalue weighted by molar-refractivity contribution is 5.94. The number of hydrogen-bond acceptors (Lipinski definition) is 3. The SMILES string of the molecule is O=C(Nc1cnn(COCC(F)(F)F)c1)C(F)(F)F. The molecule has 19 heavy (non-hydrogen) atoms. The molecule has 0 saturated carbocycles. The number of aromatic nitrogens is 2.